The van der Waals surface area contributed by atoms with E-state index in [1.165, 1.54) is 4.90 Å². The van der Waals surface area contributed by atoms with Crippen molar-refractivity contribution in [1.29, 1.82) is 0 Å². The van der Waals surface area contributed by atoms with Crippen LogP contribution >= 0.6 is 11.6 Å². The topological polar surface area (TPSA) is 76.1 Å². The lowest BCUT2D eigenvalue weighted by molar-refractivity contribution is -0.142. The van der Waals surface area contributed by atoms with Crippen LogP contribution in [0.25, 0.3) is 11.1 Å². The fraction of sp³-hybridized carbons (Fsp3) is 0.364. The van der Waals surface area contributed by atoms with Gasteiger partial charge in [0.15, 0.2) is 0 Å². The minimum atomic E-state index is -1.08. The molecule has 2 aromatic rings. The maximum Gasteiger partial charge on any atom is 0.411 e. The molecule has 1 amide bonds. The van der Waals surface area contributed by atoms with E-state index in [4.69, 9.17) is 21.1 Å². The Balaban J connectivity index is 1.83. The summed E-state index contributed by atoms with van der Waals surface area (Å²) in [6, 6.07) is 13.9. The van der Waals surface area contributed by atoms with Crippen LogP contribution in [-0.4, -0.2) is 46.4 Å². The van der Waals surface area contributed by atoms with Crippen molar-refractivity contribution in [1.82, 2.24) is 4.90 Å². The Labute approximate surface area is 175 Å². The summed E-state index contributed by atoms with van der Waals surface area (Å²) >= 11 is 6.17. The summed E-state index contributed by atoms with van der Waals surface area (Å²) in [7, 11) is 0. The summed E-state index contributed by atoms with van der Waals surface area (Å²) in [6.45, 7) is 5.35. The molecule has 1 aliphatic heterocycles. The van der Waals surface area contributed by atoms with Gasteiger partial charge in [-0.15, -0.1) is 0 Å². The van der Waals surface area contributed by atoms with Gasteiger partial charge in [-0.2, -0.15) is 0 Å². The third-order valence-electron chi connectivity index (χ3n) is 4.50. The average Bonchev–Trinajstić information content (AvgIpc) is 3.07. The standard InChI is InChI=1S/C22H24ClNO5/c1-22(2,3)29-21(27)24-13-16(12-18(24)20(25)26)28-19-10-9-15(23)11-17(19)14-7-5-4-6-8-14/h4-11,16,18H,12-13H2,1-3H3,(H,25,26). The molecule has 0 spiro atoms. The predicted molar refractivity (Wildman–Crippen MR) is 110 cm³/mol. The van der Waals surface area contributed by atoms with E-state index in [1.54, 1.807) is 32.9 Å². The molecule has 1 aliphatic rings. The number of nitrogens with zero attached hydrogens (tertiary/aromatic N) is 1. The van der Waals surface area contributed by atoms with Gasteiger partial charge < -0.3 is 14.6 Å². The largest absolute Gasteiger partial charge is 0.488 e. The minimum absolute atomic E-state index is 0.128. The lowest BCUT2D eigenvalue weighted by atomic mass is 10.0. The Morgan fingerprint density at radius 2 is 1.83 bits per heavy atom. The van der Waals surface area contributed by atoms with Crippen LogP contribution in [0.5, 0.6) is 5.75 Å². The molecule has 0 saturated carbocycles. The molecule has 1 heterocycles. The normalized spacial score (nSPS) is 19.1. The van der Waals surface area contributed by atoms with Gasteiger partial charge in [0.1, 0.15) is 23.5 Å². The maximum absolute atomic E-state index is 12.5. The molecule has 1 saturated heterocycles. The van der Waals surface area contributed by atoms with E-state index in [-0.39, 0.29) is 13.0 Å². The zero-order valence-corrected chi connectivity index (χ0v) is 17.3. The summed E-state index contributed by atoms with van der Waals surface area (Å²) in [6.07, 6.45) is -0.964. The summed E-state index contributed by atoms with van der Waals surface area (Å²) in [5.74, 6) is -0.498. The van der Waals surface area contributed by atoms with Crippen LogP contribution in [0.2, 0.25) is 5.02 Å². The molecule has 29 heavy (non-hydrogen) atoms. The van der Waals surface area contributed by atoms with Crippen molar-refractivity contribution in [3.05, 3.63) is 53.6 Å². The molecule has 1 fully saturated rings. The quantitative estimate of drug-likeness (QED) is 0.769. The Morgan fingerprint density at radius 1 is 1.14 bits per heavy atom. The summed E-state index contributed by atoms with van der Waals surface area (Å²) in [5.41, 5.74) is 1.03. The van der Waals surface area contributed by atoms with Crippen molar-refractivity contribution in [2.45, 2.75) is 44.9 Å². The number of carbonyl (C=O) groups excluding carboxylic acids is 1. The predicted octanol–water partition coefficient (Wildman–Crippen LogP) is 4.85. The molecule has 1 N–H and O–H groups in total. The van der Waals surface area contributed by atoms with Crippen LogP contribution in [0.3, 0.4) is 0 Å². The Morgan fingerprint density at radius 3 is 2.45 bits per heavy atom. The van der Waals surface area contributed by atoms with Crippen molar-refractivity contribution in [3.63, 3.8) is 0 Å². The second kappa shape index (κ2) is 8.33. The lowest BCUT2D eigenvalue weighted by Gasteiger charge is -2.26. The number of benzene rings is 2. The van der Waals surface area contributed by atoms with Gasteiger partial charge in [-0.3, -0.25) is 4.90 Å². The van der Waals surface area contributed by atoms with Crippen molar-refractivity contribution in [3.8, 4) is 16.9 Å². The van der Waals surface area contributed by atoms with E-state index in [0.717, 1.165) is 11.1 Å². The van der Waals surface area contributed by atoms with Crippen molar-refractivity contribution in [2.24, 2.45) is 0 Å². The second-order valence-electron chi connectivity index (χ2n) is 7.97. The van der Waals surface area contributed by atoms with Gasteiger partial charge in [-0.05, 0) is 44.5 Å². The summed E-state index contributed by atoms with van der Waals surface area (Å²) in [5, 5.41) is 10.1. The van der Waals surface area contributed by atoms with Crippen LogP contribution < -0.4 is 4.74 Å². The SMILES string of the molecule is CC(C)(C)OC(=O)N1CC(Oc2ccc(Cl)cc2-c2ccccc2)CC1C(=O)O. The van der Waals surface area contributed by atoms with E-state index >= 15 is 0 Å². The lowest BCUT2D eigenvalue weighted by Crippen LogP contribution is -2.43. The van der Waals surface area contributed by atoms with Gasteiger partial charge in [0.25, 0.3) is 0 Å². The number of likely N-dealkylation sites (tertiary alicyclic amines) is 1. The van der Waals surface area contributed by atoms with Crippen molar-refractivity contribution >= 4 is 23.7 Å². The number of amides is 1. The first-order valence-corrected chi connectivity index (χ1v) is 9.76. The van der Waals surface area contributed by atoms with Crippen LogP contribution in [0, 0.1) is 0 Å². The molecule has 2 aromatic carbocycles. The van der Waals surface area contributed by atoms with Gasteiger partial charge >= 0.3 is 12.1 Å². The number of carboxylic acid groups (broad SMARTS) is 1. The molecule has 0 aliphatic carbocycles. The zero-order valence-electron chi connectivity index (χ0n) is 16.6. The molecule has 0 aromatic heterocycles. The first kappa shape index (κ1) is 21.0. The number of hydrogen-bond donors (Lipinski definition) is 1. The number of aliphatic carboxylic acids is 1. The first-order chi connectivity index (χ1) is 13.6. The molecule has 154 valence electrons. The number of hydrogen-bond acceptors (Lipinski definition) is 4. The van der Waals surface area contributed by atoms with Crippen LogP contribution in [0.15, 0.2) is 48.5 Å². The highest BCUT2D eigenvalue weighted by Gasteiger charge is 2.42. The van der Waals surface area contributed by atoms with Gasteiger partial charge in [0, 0.05) is 17.0 Å². The third-order valence-corrected chi connectivity index (χ3v) is 4.73. The smallest absolute Gasteiger partial charge is 0.411 e. The highest BCUT2D eigenvalue weighted by atomic mass is 35.5. The van der Waals surface area contributed by atoms with Gasteiger partial charge in [0.05, 0.1) is 6.54 Å². The van der Waals surface area contributed by atoms with E-state index in [1.807, 2.05) is 36.4 Å². The summed E-state index contributed by atoms with van der Waals surface area (Å²) < 4.78 is 11.5. The van der Waals surface area contributed by atoms with Crippen molar-refractivity contribution in [2.75, 3.05) is 6.54 Å². The molecule has 7 heteroatoms. The molecular formula is C22H24ClNO5. The summed E-state index contributed by atoms with van der Waals surface area (Å²) in [4.78, 5) is 25.4. The number of carbonyl (C=O) groups is 2. The maximum atomic E-state index is 12.5. The van der Waals surface area contributed by atoms with E-state index in [0.29, 0.717) is 10.8 Å². The Kier molecular flexibility index (Phi) is 6.03. The monoisotopic (exact) mass is 417 g/mol. The Bertz CT molecular complexity index is 894. The molecule has 6 nitrogen and oxygen atoms in total. The second-order valence-corrected chi connectivity index (χ2v) is 8.41. The van der Waals surface area contributed by atoms with E-state index in [9.17, 15) is 14.7 Å². The van der Waals surface area contributed by atoms with Crippen molar-refractivity contribution < 1.29 is 24.2 Å². The molecule has 0 radical (unpaired) electrons. The van der Waals surface area contributed by atoms with Gasteiger partial charge in [-0.1, -0.05) is 41.9 Å². The Hall–Kier alpha value is -2.73. The van der Waals surface area contributed by atoms with Crippen LogP contribution in [0.4, 0.5) is 4.79 Å². The fourth-order valence-corrected chi connectivity index (χ4v) is 3.44. The van der Waals surface area contributed by atoms with E-state index < -0.39 is 29.8 Å². The third kappa shape index (κ3) is 5.21. The number of carboxylic acids is 1. The fourth-order valence-electron chi connectivity index (χ4n) is 3.27. The minimum Gasteiger partial charge on any atom is -0.488 e. The zero-order chi connectivity index (χ0) is 21.2. The molecule has 2 atom stereocenters. The highest BCUT2D eigenvalue weighted by Crippen LogP contribution is 2.35. The van der Waals surface area contributed by atoms with E-state index in [2.05, 4.69) is 0 Å². The molecule has 3 rings (SSSR count). The molecular weight excluding hydrogens is 394 g/mol. The molecule has 2 unspecified atom stereocenters. The molecule has 0 bridgehead atoms. The average molecular weight is 418 g/mol. The van der Waals surface area contributed by atoms with Gasteiger partial charge in [0.2, 0.25) is 0 Å². The van der Waals surface area contributed by atoms with Crippen LogP contribution in [-0.2, 0) is 9.53 Å². The van der Waals surface area contributed by atoms with Gasteiger partial charge in [-0.25, -0.2) is 9.59 Å². The number of rotatable bonds is 4. The number of ether oxygens (including phenoxy) is 2. The first-order valence-electron chi connectivity index (χ1n) is 9.38. The number of halogens is 1. The highest BCUT2D eigenvalue weighted by molar-refractivity contribution is 6.31. The van der Waals surface area contributed by atoms with Crippen LogP contribution in [0.1, 0.15) is 27.2 Å².